The third-order valence-electron chi connectivity index (χ3n) is 12.8. The van der Waals surface area contributed by atoms with Crippen LogP contribution in [-0.2, 0) is 6.42 Å². The Labute approximate surface area is 355 Å². The monoisotopic (exact) mass is 773 g/mol. The highest BCUT2D eigenvalue weighted by molar-refractivity contribution is 6.14. The van der Waals surface area contributed by atoms with Crippen LogP contribution in [0.1, 0.15) is 49.3 Å². The van der Waals surface area contributed by atoms with Crippen molar-refractivity contribution in [1.29, 1.82) is 0 Å². The molecule has 0 radical (unpaired) electrons. The van der Waals surface area contributed by atoms with Gasteiger partial charge in [0.15, 0.2) is 0 Å². The second-order valence-electron chi connectivity index (χ2n) is 17.0. The maximum absolute atomic E-state index is 2.51. The number of hydrogen-bond donors (Lipinski definition) is 0. The first kappa shape index (κ1) is 37.6. The lowest BCUT2D eigenvalue weighted by Gasteiger charge is -2.31. The summed E-state index contributed by atoms with van der Waals surface area (Å²) in [4.78, 5) is 2.51. The van der Waals surface area contributed by atoms with Crippen molar-refractivity contribution in [3.8, 4) is 0 Å². The summed E-state index contributed by atoms with van der Waals surface area (Å²) in [6, 6.07) is 61.6. The van der Waals surface area contributed by atoms with Crippen LogP contribution in [0.15, 0.2) is 224 Å². The van der Waals surface area contributed by atoms with Gasteiger partial charge in [0.25, 0.3) is 0 Å². The molecule has 8 aromatic carbocycles. The number of hydrogen-bond acceptors (Lipinski definition) is 1. The molecular formula is C59H51N. The van der Waals surface area contributed by atoms with Crippen LogP contribution in [0.5, 0.6) is 0 Å². The smallest absolute Gasteiger partial charge is 0.0543 e. The van der Waals surface area contributed by atoms with Crippen molar-refractivity contribution >= 4 is 54.4 Å². The summed E-state index contributed by atoms with van der Waals surface area (Å²) >= 11 is 0. The summed E-state index contributed by atoms with van der Waals surface area (Å²) in [7, 11) is 0. The summed E-state index contributed by atoms with van der Waals surface area (Å²) in [5.74, 6) is 2.52. The molecule has 3 atom stereocenters. The third-order valence-corrected chi connectivity index (χ3v) is 12.8. The lowest BCUT2D eigenvalue weighted by molar-refractivity contribution is 0.498. The standard InChI is InChI=1S/C34H27N.C25H24/c1-2-9-24(10-3-1)25-12-8-13-29(19-17-25)35(30-20-18-26-21-28(26)22-30)34-23-27-11-4-5-14-31(27)32-15-6-7-16-33(32)34;1-18(2)24(16-19-10-4-3-5-11-19)25-17-20-12-6-7-13-21(20)22-14-8-9-15-23(22)25/h1-12,14-20,22-23,26,28H,13,21H2;3-15,17-18,24H,16H2,1-2H3. The van der Waals surface area contributed by atoms with Crippen molar-refractivity contribution in [1.82, 2.24) is 0 Å². The Kier molecular flexibility index (Phi) is 10.3. The zero-order chi connectivity index (χ0) is 40.4. The van der Waals surface area contributed by atoms with Crippen molar-refractivity contribution < 1.29 is 0 Å². The average Bonchev–Trinajstić information content (AvgIpc) is 4.13. The van der Waals surface area contributed by atoms with Gasteiger partial charge < -0.3 is 4.90 Å². The molecular weight excluding hydrogens is 723 g/mol. The van der Waals surface area contributed by atoms with Gasteiger partial charge in [0.2, 0.25) is 0 Å². The van der Waals surface area contributed by atoms with Gasteiger partial charge in [-0.05, 0) is 115 Å². The van der Waals surface area contributed by atoms with E-state index in [-0.39, 0.29) is 0 Å². The molecule has 3 aliphatic rings. The largest absolute Gasteiger partial charge is 0.314 e. The molecule has 11 rings (SSSR count). The second kappa shape index (κ2) is 16.5. The normalized spacial score (nSPS) is 17.4. The molecule has 0 amide bonds. The minimum atomic E-state index is 0.511. The molecule has 0 aliphatic heterocycles. The summed E-state index contributed by atoms with van der Waals surface area (Å²) in [6.45, 7) is 4.69. The molecule has 1 fully saturated rings. The maximum atomic E-state index is 2.51. The molecule has 0 spiro atoms. The minimum absolute atomic E-state index is 0.511. The Morgan fingerprint density at radius 2 is 1.13 bits per heavy atom. The van der Waals surface area contributed by atoms with E-state index in [1.165, 1.54) is 88.9 Å². The molecule has 292 valence electrons. The van der Waals surface area contributed by atoms with E-state index in [1.807, 2.05) is 0 Å². The van der Waals surface area contributed by atoms with Crippen LogP contribution in [0.3, 0.4) is 0 Å². The SMILES string of the molecule is C1=CC(c2ccccc2)=CC=C(N(C2=CC3CC3C=C2)c2cc3ccccc3c3ccccc23)C1.CC(C)C(Cc1ccccc1)c1cc2ccccc2c2ccccc12. The van der Waals surface area contributed by atoms with Crippen LogP contribution < -0.4 is 4.90 Å². The van der Waals surface area contributed by atoms with Gasteiger partial charge >= 0.3 is 0 Å². The van der Waals surface area contributed by atoms with Crippen LogP contribution in [0.2, 0.25) is 0 Å². The molecule has 60 heavy (non-hydrogen) atoms. The number of fused-ring (bicyclic) bond motifs is 7. The summed E-state index contributed by atoms with van der Waals surface area (Å²) in [5, 5.41) is 10.6. The Morgan fingerprint density at radius 1 is 0.550 bits per heavy atom. The summed E-state index contributed by atoms with van der Waals surface area (Å²) in [6.07, 6.45) is 19.7. The van der Waals surface area contributed by atoms with Gasteiger partial charge in [0.05, 0.1) is 5.69 Å². The van der Waals surface area contributed by atoms with Crippen LogP contribution in [0.25, 0.3) is 48.7 Å². The van der Waals surface area contributed by atoms with Gasteiger partial charge in [-0.15, -0.1) is 0 Å². The highest BCUT2D eigenvalue weighted by Crippen LogP contribution is 2.47. The predicted molar refractivity (Wildman–Crippen MR) is 258 cm³/mol. The van der Waals surface area contributed by atoms with Crippen LogP contribution >= 0.6 is 0 Å². The quantitative estimate of drug-likeness (QED) is 0.139. The van der Waals surface area contributed by atoms with Gasteiger partial charge in [0, 0.05) is 23.2 Å². The molecule has 0 bridgehead atoms. The lowest BCUT2D eigenvalue weighted by atomic mass is 9.80. The fraction of sp³-hybridized carbons (Fsp3) is 0.153. The zero-order valence-electron chi connectivity index (χ0n) is 34.6. The van der Waals surface area contributed by atoms with E-state index >= 15 is 0 Å². The van der Waals surface area contributed by atoms with E-state index in [9.17, 15) is 0 Å². The highest BCUT2D eigenvalue weighted by Gasteiger charge is 2.36. The van der Waals surface area contributed by atoms with Gasteiger partial charge in [-0.1, -0.05) is 208 Å². The van der Waals surface area contributed by atoms with Crippen LogP contribution in [0.4, 0.5) is 5.69 Å². The van der Waals surface area contributed by atoms with Crippen molar-refractivity contribution in [2.75, 3.05) is 4.90 Å². The molecule has 3 unspecified atom stereocenters. The number of allylic oxidation sites excluding steroid dienone is 8. The first-order valence-electron chi connectivity index (χ1n) is 21.8. The Hall–Kier alpha value is -6.70. The topological polar surface area (TPSA) is 3.24 Å². The van der Waals surface area contributed by atoms with Crippen molar-refractivity contribution in [3.05, 3.63) is 240 Å². The average molecular weight is 774 g/mol. The fourth-order valence-electron chi connectivity index (χ4n) is 9.54. The van der Waals surface area contributed by atoms with Crippen molar-refractivity contribution in [3.63, 3.8) is 0 Å². The first-order chi connectivity index (χ1) is 29.6. The second-order valence-corrected chi connectivity index (χ2v) is 17.0. The van der Waals surface area contributed by atoms with E-state index < -0.39 is 0 Å². The van der Waals surface area contributed by atoms with Gasteiger partial charge in [-0.25, -0.2) is 0 Å². The molecule has 0 heterocycles. The highest BCUT2D eigenvalue weighted by atomic mass is 15.2. The van der Waals surface area contributed by atoms with E-state index in [0.717, 1.165) is 18.8 Å². The Morgan fingerprint density at radius 3 is 1.82 bits per heavy atom. The molecule has 1 nitrogen and oxygen atoms in total. The molecule has 1 heteroatoms. The third kappa shape index (κ3) is 7.53. The number of nitrogens with zero attached hydrogens (tertiary/aromatic N) is 1. The summed E-state index contributed by atoms with van der Waals surface area (Å²) in [5.41, 5.74) is 9.24. The molecule has 0 N–H and O–H groups in total. The molecule has 1 saturated carbocycles. The van der Waals surface area contributed by atoms with Crippen LogP contribution in [0, 0.1) is 17.8 Å². The van der Waals surface area contributed by atoms with Crippen molar-refractivity contribution in [2.45, 2.75) is 39.0 Å². The van der Waals surface area contributed by atoms with E-state index in [0.29, 0.717) is 17.8 Å². The Balaban J connectivity index is 0.000000153. The van der Waals surface area contributed by atoms with Gasteiger partial charge in [0.1, 0.15) is 0 Å². The predicted octanol–water partition coefficient (Wildman–Crippen LogP) is 15.8. The number of benzene rings is 8. The molecule has 3 aliphatic carbocycles. The van der Waals surface area contributed by atoms with E-state index in [4.69, 9.17) is 0 Å². The summed E-state index contributed by atoms with van der Waals surface area (Å²) < 4.78 is 0. The maximum Gasteiger partial charge on any atom is 0.0543 e. The zero-order valence-corrected chi connectivity index (χ0v) is 34.6. The molecule has 0 saturated heterocycles. The molecule has 8 aromatic rings. The van der Waals surface area contributed by atoms with Gasteiger partial charge in [-0.2, -0.15) is 0 Å². The van der Waals surface area contributed by atoms with E-state index in [2.05, 4.69) is 231 Å². The first-order valence-corrected chi connectivity index (χ1v) is 21.8. The fourth-order valence-corrected chi connectivity index (χ4v) is 9.54. The van der Waals surface area contributed by atoms with E-state index in [1.54, 1.807) is 0 Å². The van der Waals surface area contributed by atoms with Gasteiger partial charge in [-0.3, -0.25) is 0 Å². The Bertz CT molecular complexity index is 3000. The number of anilines is 1. The minimum Gasteiger partial charge on any atom is -0.314 e. The van der Waals surface area contributed by atoms with Crippen molar-refractivity contribution in [2.24, 2.45) is 17.8 Å². The number of rotatable bonds is 8. The van der Waals surface area contributed by atoms with Crippen LogP contribution in [-0.4, -0.2) is 0 Å². The lowest BCUT2D eigenvalue weighted by Crippen LogP contribution is -2.22. The molecule has 0 aromatic heterocycles.